The van der Waals surface area contributed by atoms with Crippen molar-refractivity contribution in [3.05, 3.63) is 22.4 Å². The highest BCUT2D eigenvalue weighted by Gasteiger charge is 2.09. The second-order valence-corrected chi connectivity index (χ2v) is 5.63. The van der Waals surface area contributed by atoms with E-state index in [-0.39, 0.29) is 0 Å². The molecule has 0 aromatic carbocycles. The Hall–Kier alpha value is -0.480. The molecule has 15 heavy (non-hydrogen) atoms. The quantitative estimate of drug-likeness (QED) is 0.878. The molecule has 0 radical (unpaired) electrons. The fourth-order valence-electron chi connectivity index (χ4n) is 1.57. The van der Waals surface area contributed by atoms with E-state index in [1.54, 1.807) is 11.3 Å². The van der Waals surface area contributed by atoms with Gasteiger partial charge in [-0.15, -0.1) is 0 Å². The first-order valence-corrected chi connectivity index (χ1v) is 7.22. The second kappa shape index (κ2) is 5.56. The third-order valence-electron chi connectivity index (χ3n) is 2.29. The fourth-order valence-corrected chi connectivity index (χ4v) is 3.19. The normalized spacial score (nSPS) is 18.3. The van der Waals surface area contributed by atoms with Crippen molar-refractivity contribution in [3.63, 3.8) is 0 Å². The first kappa shape index (κ1) is 11.0. The highest BCUT2D eigenvalue weighted by Crippen LogP contribution is 2.13. The molecule has 0 saturated carbocycles. The molecule has 1 atom stereocenters. The fraction of sp³-hybridized carbons (Fsp3) is 0.545. The van der Waals surface area contributed by atoms with Crippen molar-refractivity contribution < 1.29 is 0 Å². The average molecular weight is 240 g/mol. The lowest BCUT2D eigenvalue weighted by Crippen LogP contribution is -2.33. The van der Waals surface area contributed by atoms with Gasteiger partial charge in [-0.25, -0.2) is 0 Å². The zero-order valence-corrected chi connectivity index (χ0v) is 10.5. The molecule has 2 heterocycles. The van der Waals surface area contributed by atoms with Gasteiger partial charge in [-0.1, -0.05) is 11.8 Å². The van der Waals surface area contributed by atoms with E-state index in [1.807, 2.05) is 11.8 Å². The molecule has 1 aromatic rings. The molecule has 1 aromatic heterocycles. The molecule has 0 aliphatic carbocycles. The summed E-state index contributed by atoms with van der Waals surface area (Å²) in [5, 5.41) is 8.95. The predicted octanol–water partition coefficient (Wildman–Crippen LogP) is 2.76. The van der Waals surface area contributed by atoms with Crippen molar-refractivity contribution in [1.82, 2.24) is 5.32 Å². The molecule has 2 rings (SSSR count). The van der Waals surface area contributed by atoms with Crippen LogP contribution in [-0.2, 0) is 6.42 Å². The Morgan fingerprint density at radius 2 is 2.53 bits per heavy atom. The Kier molecular flexibility index (Phi) is 4.09. The van der Waals surface area contributed by atoms with Crippen molar-refractivity contribution in [3.8, 4) is 0 Å². The number of hydrogen-bond donors (Lipinski definition) is 1. The summed E-state index contributed by atoms with van der Waals surface area (Å²) in [5.74, 6) is 1.21. The number of amidine groups is 1. The van der Waals surface area contributed by atoms with E-state index < -0.39 is 0 Å². The molecule has 4 heteroatoms. The van der Waals surface area contributed by atoms with E-state index >= 15 is 0 Å². The molecular weight excluding hydrogens is 224 g/mol. The minimum Gasteiger partial charge on any atom is -0.362 e. The zero-order chi connectivity index (χ0) is 10.5. The average Bonchev–Trinajstić information content (AvgIpc) is 2.71. The molecule has 0 fully saturated rings. The summed E-state index contributed by atoms with van der Waals surface area (Å²) in [7, 11) is 0. The van der Waals surface area contributed by atoms with Gasteiger partial charge < -0.3 is 5.32 Å². The lowest BCUT2D eigenvalue weighted by atomic mass is 10.1. The molecule has 0 saturated heterocycles. The van der Waals surface area contributed by atoms with Gasteiger partial charge >= 0.3 is 0 Å². The molecule has 0 bridgehead atoms. The van der Waals surface area contributed by atoms with Crippen LogP contribution in [0.4, 0.5) is 0 Å². The SMILES string of the molecule is CC(Cc1ccsc1)NC1=NCCCS1. The van der Waals surface area contributed by atoms with Crippen LogP contribution < -0.4 is 5.32 Å². The van der Waals surface area contributed by atoms with E-state index in [1.165, 1.54) is 17.7 Å². The van der Waals surface area contributed by atoms with Crippen LogP contribution in [-0.4, -0.2) is 23.5 Å². The minimum atomic E-state index is 0.476. The lowest BCUT2D eigenvalue weighted by molar-refractivity contribution is 0.663. The number of rotatable bonds is 3. The largest absolute Gasteiger partial charge is 0.362 e. The van der Waals surface area contributed by atoms with Crippen molar-refractivity contribution in [2.24, 2.45) is 4.99 Å². The number of nitrogens with one attached hydrogen (secondary N) is 1. The summed E-state index contributed by atoms with van der Waals surface area (Å²) in [6.45, 7) is 3.20. The predicted molar refractivity (Wildman–Crippen MR) is 70.0 cm³/mol. The maximum atomic E-state index is 4.47. The molecule has 1 aliphatic rings. The van der Waals surface area contributed by atoms with Gasteiger partial charge in [0.1, 0.15) is 0 Å². The zero-order valence-electron chi connectivity index (χ0n) is 8.90. The standard InChI is InChI=1S/C11H16N2S2/c1-9(7-10-3-6-14-8-10)13-11-12-4-2-5-15-11/h3,6,8-9H,2,4-5,7H2,1H3,(H,12,13). The van der Waals surface area contributed by atoms with Crippen LogP contribution in [0.1, 0.15) is 18.9 Å². The van der Waals surface area contributed by atoms with Gasteiger partial charge in [-0.2, -0.15) is 11.3 Å². The van der Waals surface area contributed by atoms with Crippen molar-refractivity contribution in [1.29, 1.82) is 0 Å². The van der Waals surface area contributed by atoms with Crippen molar-refractivity contribution in [2.75, 3.05) is 12.3 Å². The van der Waals surface area contributed by atoms with Crippen LogP contribution in [0.15, 0.2) is 21.8 Å². The minimum absolute atomic E-state index is 0.476. The van der Waals surface area contributed by atoms with Gasteiger partial charge in [0.05, 0.1) is 0 Å². The summed E-state index contributed by atoms with van der Waals surface area (Å²) in [5.41, 5.74) is 1.42. The first-order chi connectivity index (χ1) is 7.34. The van der Waals surface area contributed by atoms with E-state index in [0.29, 0.717) is 6.04 Å². The summed E-state index contributed by atoms with van der Waals surface area (Å²) in [6, 6.07) is 2.67. The third kappa shape index (κ3) is 3.54. The van der Waals surface area contributed by atoms with Gasteiger partial charge in [-0.3, -0.25) is 4.99 Å². The Balaban J connectivity index is 1.81. The lowest BCUT2D eigenvalue weighted by Gasteiger charge is -2.18. The highest BCUT2D eigenvalue weighted by molar-refractivity contribution is 8.13. The van der Waals surface area contributed by atoms with Crippen LogP contribution in [0.5, 0.6) is 0 Å². The summed E-state index contributed by atoms with van der Waals surface area (Å²) < 4.78 is 0. The first-order valence-electron chi connectivity index (χ1n) is 5.29. The molecule has 1 unspecified atom stereocenters. The molecule has 0 spiro atoms. The highest BCUT2D eigenvalue weighted by atomic mass is 32.2. The van der Waals surface area contributed by atoms with E-state index in [4.69, 9.17) is 0 Å². The van der Waals surface area contributed by atoms with E-state index in [0.717, 1.165) is 18.1 Å². The van der Waals surface area contributed by atoms with Crippen molar-refractivity contribution in [2.45, 2.75) is 25.8 Å². The Morgan fingerprint density at radius 1 is 1.60 bits per heavy atom. The van der Waals surface area contributed by atoms with Crippen LogP contribution in [0, 0.1) is 0 Å². The molecule has 0 amide bonds. The topological polar surface area (TPSA) is 24.4 Å². The van der Waals surface area contributed by atoms with Crippen LogP contribution in [0.3, 0.4) is 0 Å². The second-order valence-electron chi connectivity index (χ2n) is 3.77. The molecule has 2 nitrogen and oxygen atoms in total. The maximum Gasteiger partial charge on any atom is 0.156 e. The number of aliphatic imine (C=N–C) groups is 1. The van der Waals surface area contributed by atoms with E-state index in [2.05, 4.69) is 34.1 Å². The maximum absolute atomic E-state index is 4.47. The third-order valence-corrected chi connectivity index (χ3v) is 4.03. The number of hydrogen-bond acceptors (Lipinski definition) is 4. The number of nitrogens with zero attached hydrogens (tertiary/aromatic N) is 1. The Bertz CT molecular complexity index is 319. The summed E-state index contributed by atoms with van der Waals surface area (Å²) in [6.07, 6.45) is 2.30. The smallest absolute Gasteiger partial charge is 0.156 e. The molecule has 1 N–H and O–H groups in total. The number of thiophene rings is 1. The van der Waals surface area contributed by atoms with E-state index in [9.17, 15) is 0 Å². The Labute approximate surface area is 99.2 Å². The Morgan fingerprint density at radius 3 is 3.20 bits per heavy atom. The molecule has 82 valence electrons. The van der Waals surface area contributed by atoms with Crippen LogP contribution in [0.25, 0.3) is 0 Å². The summed E-state index contributed by atoms with van der Waals surface area (Å²) >= 11 is 3.61. The van der Waals surface area contributed by atoms with Gasteiger partial charge in [0, 0.05) is 18.3 Å². The molecule has 1 aliphatic heterocycles. The van der Waals surface area contributed by atoms with Crippen LogP contribution >= 0.6 is 23.1 Å². The van der Waals surface area contributed by atoms with Crippen molar-refractivity contribution >= 4 is 28.3 Å². The van der Waals surface area contributed by atoms with Gasteiger partial charge in [0.15, 0.2) is 5.17 Å². The van der Waals surface area contributed by atoms with Crippen LogP contribution in [0.2, 0.25) is 0 Å². The van der Waals surface area contributed by atoms with Gasteiger partial charge in [-0.05, 0) is 42.2 Å². The van der Waals surface area contributed by atoms with Gasteiger partial charge in [0.2, 0.25) is 0 Å². The summed E-state index contributed by atoms with van der Waals surface area (Å²) in [4.78, 5) is 4.47. The van der Waals surface area contributed by atoms with Gasteiger partial charge in [0.25, 0.3) is 0 Å². The molecular formula is C11H16N2S2. The number of thioether (sulfide) groups is 1. The monoisotopic (exact) mass is 240 g/mol.